The van der Waals surface area contributed by atoms with Crippen molar-refractivity contribution >= 4 is 29.4 Å². The van der Waals surface area contributed by atoms with Crippen molar-refractivity contribution in [1.82, 2.24) is 0 Å². The molecule has 0 spiro atoms. The van der Waals surface area contributed by atoms with E-state index in [0.29, 0.717) is 34.6 Å². The van der Waals surface area contributed by atoms with Crippen molar-refractivity contribution in [3.63, 3.8) is 0 Å². The first-order valence-corrected chi connectivity index (χ1v) is 8.54. The summed E-state index contributed by atoms with van der Waals surface area (Å²) < 4.78 is 15.8. The van der Waals surface area contributed by atoms with Gasteiger partial charge in [-0.3, -0.25) is 4.79 Å². The van der Waals surface area contributed by atoms with Gasteiger partial charge in [-0.1, -0.05) is 16.8 Å². The van der Waals surface area contributed by atoms with Gasteiger partial charge in [-0.15, -0.1) is 0 Å². The number of hydrogen-bond acceptors (Lipinski definition) is 6. The lowest BCUT2D eigenvalue weighted by atomic mass is 10.2. The second-order valence-electron chi connectivity index (χ2n) is 5.25. The van der Waals surface area contributed by atoms with Crippen LogP contribution in [0, 0.1) is 0 Å². The van der Waals surface area contributed by atoms with Gasteiger partial charge >= 0.3 is 0 Å². The molecule has 0 aromatic heterocycles. The van der Waals surface area contributed by atoms with Gasteiger partial charge in [-0.05, 0) is 43.3 Å². The van der Waals surface area contributed by atoms with Gasteiger partial charge in [-0.25, -0.2) is 0 Å². The summed E-state index contributed by atoms with van der Waals surface area (Å²) in [4.78, 5) is 16.9. The molecule has 0 fully saturated rings. The smallest absolute Gasteiger partial charge is 0.265 e. The predicted octanol–water partition coefficient (Wildman–Crippen LogP) is 3.75. The van der Waals surface area contributed by atoms with Gasteiger partial charge < -0.3 is 24.4 Å². The Labute approximate surface area is 162 Å². The SMILES string of the molecule is CCOc1ccc(/C=N\OCC(=O)Nc2ccc(OC)c(Cl)c2)cc1OC. The average molecular weight is 393 g/mol. The number of halogens is 1. The van der Waals surface area contributed by atoms with Crippen molar-refractivity contribution in [2.45, 2.75) is 6.92 Å². The van der Waals surface area contributed by atoms with Crippen molar-refractivity contribution in [1.29, 1.82) is 0 Å². The summed E-state index contributed by atoms with van der Waals surface area (Å²) in [6.45, 7) is 2.20. The summed E-state index contributed by atoms with van der Waals surface area (Å²) in [6.07, 6.45) is 1.48. The van der Waals surface area contributed by atoms with Gasteiger partial charge in [0.2, 0.25) is 0 Å². The summed E-state index contributed by atoms with van der Waals surface area (Å²) in [5.74, 6) is 1.41. The molecule has 2 aromatic rings. The van der Waals surface area contributed by atoms with Gasteiger partial charge in [0, 0.05) is 11.3 Å². The van der Waals surface area contributed by atoms with E-state index in [1.807, 2.05) is 6.92 Å². The topological polar surface area (TPSA) is 78.4 Å². The van der Waals surface area contributed by atoms with Crippen LogP contribution in [0.15, 0.2) is 41.6 Å². The molecule has 27 heavy (non-hydrogen) atoms. The minimum atomic E-state index is -0.363. The van der Waals surface area contributed by atoms with Gasteiger partial charge in [-0.2, -0.15) is 0 Å². The van der Waals surface area contributed by atoms with Gasteiger partial charge in [0.1, 0.15) is 5.75 Å². The van der Waals surface area contributed by atoms with E-state index < -0.39 is 0 Å². The van der Waals surface area contributed by atoms with Crippen molar-refractivity contribution < 1.29 is 23.8 Å². The first-order valence-electron chi connectivity index (χ1n) is 8.17. The maximum atomic E-state index is 11.9. The number of oxime groups is 1. The molecule has 1 amide bonds. The highest BCUT2D eigenvalue weighted by Crippen LogP contribution is 2.28. The Balaban J connectivity index is 1.86. The summed E-state index contributed by atoms with van der Waals surface area (Å²) in [5.41, 5.74) is 1.28. The first-order chi connectivity index (χ1) is 13.1. The summed E-state index contributed by atoms with van der Waals surface area (Å²) >= 11 is 6.01. The summed E-state index contributed by atoms with van der Waals surface area (Å²) in [7, 11) is 3.08. The van der Waals surface area contributed by atoms with Gasteiger partial charge in [0.15, 0.2) is 18.1 Å². The van der Waals surface area contributed by atoms with E-state index in [1.54, 1.807) is 43.5 Å². The molecule has 0 saturated carbocycles. The molecule has 0 radical (unpaired) electrons. The fraction of sp³-hybridized carbons (Fsp3) is 0.263. The standard InChI is InChI=1S/C19H21ClN2O5/c1-4-26-17-7-5-13(9-18(17)25-3)11-21-27-12-19(23)22-14-6-8-16(24-2)15(20)10-14/h5-11H,4,12H2,1-3H3,(H,22,23)/b21-11-. The fourth-order valence-electron chi connectivity index (χ4n) is 2.17. The summed E-state index contributed by atoms with van der Waals surface area (Å²) in [6, 6.07) is 10.3. The Morgan fingerprint density at radius 3 is 2.52 bits per heavy atom. The zero-order valence-corrected chi connectivity index (χ0v) is 16.1. The quantitative estimate of drug-likeness (QED) is 0.519. The molecule has 144 valence electrons. The van der Waals surface area contributed by atoms with E-state index in [0.717, 1.165) is 5.56 Å². The van der Waals surface area contributed by atoms with Crippen LogP contribution in [0.3, 0.4) is 0 Å². The Morgan fingerprint density at radius 1 is 1.11 bits per heavy atom. The number of carbonyl (C=O) groups excluding carboxylic acids is 1. The number of anilines is 1. The molecular weight excluding hydrogens is 372 g/mol. The monoisotopic (exact) mass is 392 g/mol. The Hall–Kier alpha value is -2.93. The number of methoxy groups -OCH3 is 2. The third kappa shape index (κ3) is 6.07. The molecule has 0 bridgehead atoms. The molecular formula is C19H21ClN2O5. The molecule has 0 atom stereocenters. The minimum absolute atomic E-state index is 0.242. The van der Waals surface area contributed by atoms with Crippen LogP contribution in [0.1, 0.15) is 12.5 Å². The average Bonchev–Trinajstić information content (AvgIpc) is 2.66. The minimum Gasteiger partial charge on any atom is -0.495 e. The maximum absolute atomic E-state index is 11.9. The number of nitrogens with one attached hydrogen (secondary N) is 1. The van der Waals surface area contributed by atoms with Crippen LogP contribution in [-0.2, 0) is 9.63 Å². The Kier molecular flexibility index (Phi) is 7.76. The van der Waals surface area contributed by atoms with E-state index in [-0.39, 0.29) is 12.5 Å². The van der Waals surface area contributed by atoms with E-state index in [2.05, 4.69) is 10.5 Å². The molecule has 2 rings (SSSR count). The van der Waals surface area contributed by atoms with E-state index >= 15 is 0 Å². The van der Waals surface area contributed by atoms with Gasteiger partial charge in [0.25, 0.3) is 5.91 Å². The Morgan fingerprint density at radius 2 is 1.85 bits per heavy atom. The fourth-order valence-corrected chi connectivity index (χ4v) is 2.43. The van der Waals surface area contributed by atoms with E-state index in [4.69, 9.17) is 30.6 Å². The van der Waals surface area contributed by atoms with Crippen molar-refractivity contribution in [2.24, 2.45) is 5.16 Å². The molecule has 0 aliphatic carbocycles. The number of nitrogens with zero attached hydrogens (tertiary/aromatic N) is 1. The highest BCUT2D eigenvalue weighted by molar-refractivity contribution is 6.32. The number of amides is 1. The van der Waals surface area contributed by atoms with E-state index in [9.17, 15) is 4.79 Å². The highest BCUT2D eigenvalue weighted by Gasteiger charge is 2.07. The van der Waals surface area contributed by atoms with Crippen molar-refractivity contribution in [3.8, 4) is 17.2 Å². The lowest BCUT2D eigenvalue weighted by Crippen LogP contribution is -2.16. The van der Waals surface area contributed by atoms with Crippen molar-refractivity contribution in [3.05, 3.63) is 47.0 Å². The van der Waals surface area contributed by atoms with Crippen LogP contribution in [0.25, 0.3) is 0 Å². The zero-order valence-electron chi connectivity index (χ0n) is 15.3. The lowest BCUT2D eigenvalue weighted by molar-refractivity contribution is -0.120. The highest BCUT2D eigenvalue weighted by atomic mass is 35.5. The molecule has 0 aliphatic heterocycles. The van der Waals surface area contributed by atoms with Crippen LogP contribution in [0.5, 0.6) is 17.2 Å². The second kappa shape index (κ2) is 10.3. The predicted molar refractivity (Wildman–Crippen MR) is 104 cm³/mol. The molecule has 0 unspecified atom stereocenters. The Bertz CT molecular complexity index is 811. The molecule has 0 saturated heterocycles. The van der Waals surface area contributed by atoms with Crippen molar-refractivity contribution in [2.75, 3.05) is 32.8 Å². The van der Waals surface area contributed by atoms with Crippen LogP contribution in [-0.4, -0.2) is 39.6 Å². The number of ether oxygens (including phenoxy) is 3. The number of carbonyl (C=O) groups is 1. The number of hydrogen-bond donors (Lipinski definition) is 1. The van der Waals surface area contributed by atoms with E-state index in [1.165, 1.54) is 13.3 Å². The molecule has 7 nitrogen and oxygen atoms in total. The normalized spacial score (nSPS) is 10.5. The zero-order chi connectivity index (χ0) is 19.6. The van der Waals surface area contributed by atoms with Crippen LogP contribution >= 0.6 is 11.6 Å². The maximum Gasteiger partial charge on any atom is 0.265 e. The van der Waals surface area contributed by atoms with Gasteiger partial charge in [0.05, 0.1) is 32.1 Å². The summed E-state index contributed by atoms with van der Waals surface area (Å²) in [5, 5.41) is 6.85. The lowest BCUT2D eigenvalue weighted by Gasteiger charge is -2.09. The van der Waals surface area contributed by atoms with Crippen LogP contribution in [0.2, 0.25) is 5.02 Å². The first kappa shape index (κ1) is 20.4. The third-order valence-electron chi connectivity index (χ3n) is 3.40. The molecule has 2 aromatic carbocycles. The van der Waals surface area contributed by atoms with Crippen LogP contribution in [0.4, 0.5) is 5.69 Å². The molecule has 8 heteroatoms. The number of benzene rings is 2. The largest absolute Gasteiger partial charge is 0.495 e. The third-order valence-corrected chi connectivity index (χ3v) is 3.69. The molecule has 0 heterocycles. The second-order valence-corrected chi connectivity index (χ2v) is 5.66. The molecule has 1 N–H and O–H groups in total. The number of rotatable bonds is 9. The van der Waals surface area contributed by atoms with Crippen LogP contribution < -0.4 is 19.5 Å². The molecule has 0 aliphatic rings.